The first-order valence-electron chi connectivity index (χ1n) is 15.0. The minimum Gasteiger partial charge on any atom is -0.306 e. The van der Waals surface area contributed by atoms with Gasteiger partial charge >= 0.3 is 0 Å². The third kappa shape index (κ3) is 24.3. The Morgan fingerprint density at radius 3 is 1.09 bits per heavy atom. The second kappa shape index (κ2) is 26.9. The van der Waals surface area contributed by atoms with Crippen molar-refractivity contribution < 1.29 is 0 Å². The fourth-order valence-electron chi connectivity index (χ4n) is 4.80. The van der Waals surface area contributed by atoms with Gasteiger partial charge < -0.3 is 4.90 Å². The average molecular weight is 450 g/mol. The van der Waals surface area contributed by atoms with Crippen molar-refractivity contribution >= 4 is 0 Å². The molecule has 192 valence electrons. The Morgan fingerprint density at radius 2 is 0.750 bits per heavy atom. The molecule has 1 unspecified atom stereocenters. The molecule has 0 aliphatic carbocycles. The van der Waals surface area contributed by atoms with E-state index < -0.39 is 0 Å². The van der Waals surface area contributed by atoms with Crippen LogP contribution in [0.5, 0.6) is 0 Å². The standard InChI is InChI=1S/C31H63N/c1-5-7-9-11-13-14-15-16-17-18-19-20-21-22-24-26-28-30-31(32(3)4)29-27-25-23-12-10-8-6-2/h19-20,31H,5-18,21-30H2,1-4H3. The summed E-state index contributed by atoms with van der Waals surface area (Å²) in [6, 6.07) is 0.807. The quantitative estimate of drug-likeness (QED) is 0.0937. The smallest absolute Gasteiger partial charge is 0.00891 e. The molecule has 0 saturated carbocycles. The van der Waals surface area contributed by atoms with Gasteiger partial charge in [0, 0.05) is 6.04 Å². The van der Waals surface area contributed by atoms with Crippen LogP contribution in [0.3, 0.4) is 0 Å². The van der Waals surface area contributed by atoms with Crippen LogP contribution in [0.1, 0.15) is 168 Å². The molecule has 0 saturated heterocycles. The number of hydrogen-bond acceptors (Lipinski definition) is 1. The molecule has 1 heteroatoms. The summed E-state index contributed by atoms with van der Waals surface area (Å²) < 4.78 is 0. The van der Waals surface area contributed by atoms with Gasteiger partial charge in [0.25, 0.3) is 0 Å². The van der Waals surface area contributed by atoms with Gasteiger partial charge in [-0.05, 0) is 52.6 Å². The summed E-state index contributed by atoms with van der Waals surface area (Å²) in [7, 11) is 4.56. The summed E-state index contributed by atoms with van der Waals surface area (Å²) in [6.07, 6.45) is 38.9. The summed E-state index contributed by atoms with van der Waals surface area (Å²) >= 11 is 0. The first-order chi connectivity index (χ1) is 15.7. The molecule has 0 aromatic carbocycles. The molecule has 0 aliphatic heterocycles. The van der Waals surface area contributed by atoms with Gasteiger partial charge in [-0.3, -0.25) is 0 Å². The Hall–Kier alpha value is -0.300. The lowest BCUT2D eigenvalue weighted by Gasteiger charge is -2.24. The molecule has 0 N–H and O–H groups in total. The number of nitrogens with zero attached hydrogens (tertiary/aromatic N) is 1. The first-order valence-corrected chi connectivity index (χ1v) is 15.0. The lowest BCUT2D eigenvalue weighted by molar-refractivity contribution is 0.251. The Morgan fingerprint density at radius 1 is 0.438 bits per heavy atom. The van der Waals surface area contributed by atoms with E-state index in [1.54, 1.807) is 0 Å². The van der Waals surface area contributed by atoms with Crippen LogP contribution in [0, 0.1) is 0 Å². The van der Waals surface area contributed by atoms with Crippen molar-refractivity contribution in [2.24, 2.45) is 0 Å². The van der Waals surface area contributed by atoms with E-state index in [0.717, 1.165) is 6.04 Å². The van der Waals surface area contributed by atoms with Crippen molar-refractivity contribution in [3.05, 3.63) is 12.2 Å². The molecular formula is C31H63N. The van der Waals surface area contributed by atoms with E-state index in [-0.39, 0.29) is 0 Å². The number of allylic oxidation sites excluding steroid dienone is 2. The minimum atomic E-state index is 0.807. The van der Waals surface area contributed by atoms with Crippen molar-refractivity contribution in [3.8, 4) is 0 Å². The molecule has 0 bridgehead atoms. The van der Waals surface area contributed by atoms with E-state index in [4.69, 9.17) is 0 Å². The van der Waals surface area contributed by atoms with Crippen molar-refractivity contribution in [1.29, 1.82) is 0 Å². The molecule has 32 heavy (non-hydrogen) atoms. The molecule has 0 aromatic heterocycles. The molecule has 0 aliphatic rings. The Kier molecular flexibility index (Phi) is 26.7. The molecule has 0 aromatic rings. The van der Waals surface area contributed by atoms with Gasteiger partial charge in [0.05, 0.1) is 0 Å². The maximum Gasteiger partial charge on any atom is 0.00891 e. The molecule has 0 rings (SSSR count). The summed E-state index contributed by atoms with van der Waals surface area (Å²) in [5, 5.41) is 0. The summed E-state index contributed by atoms with van der Waals surface area (Å²) in [4.78, 5) is 2.48. The lowest BCUT2D eigenvalue weighted by Crippen LogP contribution is -2.27. The van der Waals surface area contributed by atoms with Gasteiger partial charge in [0.15, 0.2) is 0 Å². The van der Waals surface area contributed by atoms with Gasteiger partial charge in [-0.1, -0.05) is 142 Å². The Bertz CT molecular complexity index is 359. The van der Waals surface area contributed by atoms with Gasteiger partial charge in [0.1, 0.15) is 0 Å². The van der Waals surface area contributed by atoms with Crippen LogP contribution in [-0.2, 0) is 0 Å². The monoisotopic (exact) mass is 449 g/mol. The normalized spacial score (nSPS) is 12.9. The Balaban J connectivity index is 3.42. The van der Waals surface area contributed by atoms with E-state index in [2.05, 4.69) is 45.0 Å². The third-order valence-electron chi connectivity index (χ3n) is 7.17. The van der Waals surface area contributed by atoms with Crippen LogP contribution in [0.4, 0.5) is 0 Å². The largest absolute Gasteiger partial charge is 0.306 e. The first kappa shape index (κ1) is 31.7. The van der Waals surface area contributed by atoms with Crippen molar-refractivity contribution in [1.82, 2.24) is 4.90 Å². The maximum atomic E-state index is 2.48. The highest BCUT2D eigenvalue weighted by atomic mass is 15.1. The van der Waals surface area contributed by atoms with E-state index in [1.807, 2.05) is 0 Å². The number of unbranched alkanes of at least 4 members (excludes halogenated alkanes) is 19. The van der Waals surface area contributed by atoms with Crippen LogP contribution in [0.25, 0.3) is 0 Å². The van der Waals surface area contributed by atoms with E-state index >= 15 is 0 Å². The highest BCUT2D eigenvalue weighted by Crippen LogP contribution is 2.17. The summed E-state index contributed by atoms with van der Waals surface area (Å²) in [5.41, 5.74) is 0. The van der Waals surface area contributed by atoms with Gasteiger partial charge in [-0.15, -0.1) is 0 Å². The second-order valence-electron chi connectivity index (χ2n) is 10.6. The van der Waals surface area contributed by atoms with Crippen molar-refractivity contribution in [2.45, 2.75) is 174 Å². The number of rotatable bonds is 26. The van der Waals surface area contributed by atoms with Gasteiger partial charge in [-0.25, -0.2) is 0 Å². The van der Waals surface area contributed by atoms with Gasteiger partial charge in [-0.2, -0.15) is 0 Å². The molecule has 0 fully saturated rings. The molecule has 0 radical (unpaired) electrons. The molecule has 0 heterocycles. The minimum absolute atomic E-state index is 0.807. The topological polar surface area (TPSA) is 3.24 Å². The predicted octanol–water partition coefficient (Wildman–Crippen LogP) is 10.9. The third-order valence-corrected chi connectivity index (χ3v) is 7.17. The highest BCUT2D eigenvalue weighted by molar-refractivity contribution is 4.81. The zero-order valence-corrected chi connectivity index (χ0v) is 23.1. The van der Waals surface area contributed by atoms with E-state index in [1.165, 1.54) is 154 Å². The van der Waals surface area contributed by atoms with E-state index in [0.29, 0.717) is 0 Å². The summed E-state index contributed by atoms with van der Waals surface area (Å²) in [5.74, 6) is 0. The van der Waals surface area contributed by atoms with Crippen LogP contribution < -0.4 is 0 Å². The number of hydrogen-bond donors (Lipinski definition) is 0. The predicted molar refractivity (Wildman–Crippen MR) is 149 cm³/mol. The molecule has 1 nitrogen and oxygen atoms in total. The molecular weight excluding hydrogens is 386 g/mol. The zero-order valence-electron chi connectivity index (χ0n) is 23.1. The fraction of sp³-hybridized carbons (Fsp3) is 0.935. The second-order valence-corrected chi connectivity index (χ2v) is 10.6. The SMILES string of the molecule is CCCCCCCCCCCC=CCCCCCCC(CCCCCCCCC)N(C)C. The highest BCUT2D eigenvalue weighted by Gasteiger charge is 2.10. The maximum absolute atomic E-state index is 2.48. The lowest BCUT2D eigenvalue weighted by atomic mass is 9.99. The van der Waals surface area contributed by atoms with Crippen molar-refractivity contribution in [3.63, 3.8) is 0 Å². The van der Waals surface area contributed by atoms with Crippen LogP contribution in [0.2, 0.25) is 0 Å². The average Bonchev–Trinajstić information content (AvgIpc) is 2.78. The van der Waals surface area contributed by atoms with Crippen LogP contribution >= 0.6 is 0 Å². The van der Waals surface area contributed by atoms with Crippen LogP contribution in [-0.4, -0.2) is 25.0 Å². The Labute approximate surface area is 205 Å². The summed E-state index contributed by atoms with van der Waals surface area (Å²) in [6.45, 7) is 4.60. The zero-order chi connectivity index (χ0) is 23.5. The molecule has 0 spiro atoms. The van der Waals surface area contributed by atoms with Crippen LogP contribution in [0.15, 0.2) is 12.2 Å². The molecule has 1 atom stereocenters. The van der Waals surface area contributed by atoms with Crippen molar-refractivity contribution in [2.75, 3.05) is 14.1 Å². The molecule has 0 amide bonds. The van der Waals surface area contributed by atoms with Gasteiger partial charge in [0.2, 0.25) is 0 Å². The van der Waals surface area contributed by atoms with E-state index in [9.17, 15) is 0 Å². The fourth-order valence-corrected chi connectivity index (χ4v) is 4.80.